The van der Waals surface area contributed by atoms with Gasteiger partial charge in [0.05, 0.1) is 36.9 Å². The molecule has 6 heteroatoms. The van der Waals surface area contributed by atoms with E-state index in [1.54, 1.807) is 6.92 Å². The van der Waals surface area contributed by atoms with E-state index < -0.39 is 29.3 Å². The zero-order valence-electron chi connectivity index (χ0n) is 16.5. The van der Waals surface area contributed by atoms with E-state index >= 15 is 0 Å². The summed E-state index contributed by atoms with van der Waals surface area (Å²) < 4.78 is 11.4. The van der Waals surface area contributed by atoms with Gasteiger partial charge < -0.3 is 24.8 Å². The number of Topliss-reactive ketones (excluding diaryl/α,β-unsaturated/α-hetero) is 1. The molecule has 150 valence electrons. The fraction of sp³-hybridized carbons (Fsp3) is 0.850. The average Bonchev–Trinajstić information content (AvgIpc) is 3.29. The van der Waals surface area contributed by atoms with Crippen LogP contribution in [0.15, 0.2) is 12.2 Å². The molecule has 2 aliphatic heterocycles. The molecule has 2 heterocycles. The number of aliphatic hydroxyl groups is 3. The Morgan fingerprint density at radius 3 is 2.54 bits per heavy atom. The summed E-state index contributed by atoms with van der Waals surface area (Å²) in [4.78, 5) is 13.0. The van der Waals surface area contributed by atoms with Gasteiger partial charge in [-0.2, -0.15) is 0 Å². The second kappa shape index (κ2) is 8.07. The number of hydrogen-bond acceptors (Lipinski definition) is 6. The first kappa shape index (κ1) is 21.5. The zero-order valence-corrected chi connectivity index (χ0v) is 16.5. The Labute approximate surface area is 156 Å². The third kappa shape index (κ3) is 4.04. The van der Waals surface area contributed by atoms with E-state index in [2.05, 4.69) is 13.0 Å². The van der Waals surface area contributed by atoms with Gasteiger partial charge >= 0.3 is 0 Å². The normalized spacial score (nSPS) is 41.0. The molecule has 8 atom stereocenters. The number of rotatable bonds is 8. The molecular weight excluding hydrogens is 336 g/mol. The smallest absolute Gasteiger partial charge is 0.167 e. The minimum atomic E-state index is -1.38. The Bertz CT molecular complexity index is 534. The van der Waals surface area contributed by atoms with E-state index in [0.29, 0.717) is 6.42 Å². The maximum Gasteiger partial charge on any atom is 0.167 e. The molecule has 0 amide bonds. The minimum Gasteiger partial charge on any atom is -0.396 e. The van der Waals surface area contributed by atoms with Crippen LogP contribution < -0.4 is 0 Å². The Kier molecular flexibility index (Phi) is 6.67. The molecule has 0 aliphatic carbocycles. The van der Waals surface area contributed by atoms with Gasteiger partial charge in [-0.25, -0.2) is 0 Å². The van der Waals surface area contributed by atoms with Gasteiger partial charge in [0.25, 0.3) is 0 Å². The van der Waals surface area contributed by atoms with Crippen molar-refractivity contribution in [2.75, 3.05) is 13.2 Å². The highest BCUT2D eigenvalue weighted by molar-refractivity contribution is 5.84. The molecule has 6 nitrogen and oxygen atoms in total. The van der Waals surface area contributed by atoms with Crippen LogP contribution in [-0.4, -0.2) is 57.9 Å². The second-order valence-electron chi connectivity index (χ2n) is 8.08. The van der Waals surface area contributed by atoms with Crippen LogP contribution in [-0.2, 0) is 14.3 Å². The van der Waals surface area contributed by atoms with Crippen molar-refractivity contribution in [1.82, 2.24) is 0 Å². The van der Waals surface area contributed by atoms with Crippen molar-refractivity contribution >= 4 is 5.78 Å². The molecule has 26 heavy (non-hydrogen) atoms. The van der Waals surface area contributed by atoms with Crippen LogP contribution in [0.2, 0.25) is 0 Å². The highest BCUT2D eigenvalue weighted by Crippen LogP contribution is 2.50. The molecule has 0 aromatic carbocycles. The first-order chi connectivity index (χ1) is 12.1. The highest BCUT2D eigenvalue weighted by atomic mass is 16.6. The van der Waals surface area contributed by atoms with Crippen LogP contribution in [0.3, 0.4) is 0 Å². The largest absolute Gasteiger partial charge is 0.396 e. The number of ether oxygens (including phenoxy) is 2. The summed E-state index contributed by atoms with van der Waals surface area (Å²) >= 11 is 0. The Morgan fingerprint density at radius 1 is 1.38 bits per heavy atom. The lowest BCUT2D eigenvalue weighted by atomic mass is 9.73. The van der Waals surface area contributed by atoms with Crippen molar-refractivity contribution in [3.63, 3.8) is 0 Å². The standard InChI is InChI=1S/C20H34O6/c1-6-8-12(3)18-19(5,26-18)13(4)14(10-21)17(23)15-11-25-20(24,7-2)9-16(15)22/h6,8,12-16,18,21-22,24H,7,9-11H2,1-5H3/b8-6-/t12-,13-,14+,15-,16?,18+,19-,20?/m0/s1. The van der Waals surface area contributed by atoms with Crippen molar-refractivity contribution in [1.29, 1.82) is 0 Å². The average molecular weight is 370 g/mol. The van der Waals surface area contributed by atoms with Gasteiger partial charge in [-0.1, -0.05) is 32.9 Å². The summed E-state index contributed by atoms with van der Waals surface area (Å²) in [6.45, 7) is 9.35. The van der Waals surface area contributed by atoms with Crippen LogP contribution in [0.25, 0.3) is 0 Å². The number of epoxide rings is 1. The van der Waals surface area contributed by atoms with E-state index in [4.69, 9.17) is 9.47 Å². The number of hydrogen-bond donors (Lipinski definition) is 3. The monoisotopic (exact) mass is 370 g/mol. The summed E-state index contributed by atoms with van der Waals surface area (Å²) in [5, 5.41) is 30.4. The molecule has 2 aliphatic rings. The quantitative estimate of drug-likeness (QED) is 0.444. The first-order valence-corrected chi connectivity index (χ1v) is 9.63. The number of ketones is 1. The van der Waals surface area contributed by atoms with Crippen molar-refractivity contribution < 1.29 is 29.6 Å². The molecule has 2 unspecified atom stereocenters. The maximum absolute atomic E-state index is 13.0. The van der Waals surface area contributed by atoms with Gasteiger partial charge in [0.1, 0.15) is 5.78 Å². The molecular formula is C20H34O6. The van der Waals surface area contributed by atoms with E-state index in [9.17, 15) is 20.1 Å². The topological polar surface area (TPSA) is 99.5 Å². The molecule has 0 spiro atoms. The lowest BCUT2D eigenvalue weighted by Gasteiger charge is -2.40. The maximum atomic E-state index is 13.0. The van der Waals surface area contributed by atoms with Gasteiger partial charge in [-0.05, 0) is 26.2 Å². The minimum absolute atomic E-state index is 0.00115. The molecule has 2 rings (SSSR count). The summed E-state index contributed by atoms with van der Waals surface area (Å²) in [6, 6.07) is 0. The van der Waals surface area contributed by atoms with Crippen LogP contribution in [0, 0.1) is 23.7 Å². The van der Waals surface area contributed by atoms with Gasteiger partial charge in [0.15, 0.2) is 5.79 Å². The summed E-state index contributed by atoms with van der Waals surface area (Å²) in [6.07, 6.45) is 3.43. The number of aliphatic hydroxyl groups excluding tert-OH is 2. The molecule has 0 saturated carbocycles. The van der Waals surface area contributed by atoms with Gasteiger partial charge in [-0.3, -0.25) is 4.79 Å². The van der Waals surface area contributed by atoms with Crippen molar-refractivity contribution in [2.45, 2.75) is 71.1 Å². The van der Waals surface area contributed by atoms with Crippen LogP contribution >= 0.6 is 0 Å². The lowest BCUT2D eigenvalue weighted by Crippen LogP contribution is -2.51. The van der Waals surface area contributed by atoms with Crippen molar-refractivity contribution in [3.05, 3.63) is 12.2 Å². The first-order valence-electron chi connectivity index (χ1n) is 9.63. The summed E-state index contributed by atoms with van der Waals surface area (Å²) in [5.74, 6) is -2.95. The number of carbonyl (C=O) groups excluding carboxylic acids is 1. The van der Waals surface area contributed by atoms with Gasteiger partial charge in [0.2, 0.25) is 0 Å². The number of carbonyl (C=O) groups is 1. The lowest BCUT2D eigenvalue weighted by molar-refractivity contribution is -0.258. The second-order valence-corrected chi connectivity index (χ2v) is 8.08. The van der Waals surface area contributed by atoms with Crippen LogP contribution in [0.1, 0.15) is 47.5 Å². The highest BCUT2D eigenvalue weighted by Gasteiger charge is 2.60. The molecule has 0 aromatic heterocycles. The molecule has 2 saturated heterocycles. The van der Waals surface area contributed by atoms with E-state index in [0.717, 1.165) is 0 Å². The van der Waals surface area contributed by atoms with Crippen LogP contribution in [0.4, 0.5) is 0 Å². The van der Waals surface area contributed by atoms with Crippen molar-refractivity contribution in [3.8, 4) is 0 Å². The molecule has 2 fully saturated rings. The van der Waals surface area contributed by atoms with Crippen molar-refractivity contribution in [2.24, 2.45) is 23.7 Å². The van der Waals surface area contributed by atoms with E-state index in [1.807, 2.05) is 26.8 Å². The molecule has 0 bridgehead atoms. The Morgan fingerprint density at radius 2 is 2.04 bits per heavy atom. The number of allylic oxidation sites excluding steroid dienone is 1. The Balaban J connectivity index is 2.07. The predicted molar refractivity (Wildman–Crippen MR) is 97.3 cm³/mol. The third-order valence-electron chi connectivity index (χ3n) is 6.37. The van der Waals surface area contributed by atoms with Crippen LogP contribution in [0.5, 0.6) is 0 Å². The fourth-order valence-corrected chi connectivity index (χ4v) is 4.21. The van der Waals surface area contributed by atoms with Gasteiger partial charge in [0, 0.05) is 18.3 Å². The third-order valence-corrected chi connectivity index (χ3v) is 6.37. The summed E-state index contributed by atoms with van der Waals surface area (Å²) in [5.41, 5.74) is -0.480. The zero-order chi connectivity index (χ0) is 19.7. The van der Waals surface area contributed by atoms with Gasteiger partial charge in [-0.15, -0.1) is 0 Å². The molecule has 0 aromatic rings. The van der Waals surface area contributed by atoms with E-state index in [-0.39, 0.29) is 43.4 Å². The fourth-order valence-electron chi connectivity index (χ4n) is 4.21. The SMILES string of the molecule is C/C=C\[C@H](C)[C@H]1O[C@@]1(C)[C@@H](C)[C@@H](CO)C(=O)[C@H]1COC(O)(CC)CC1O. The van der Waals surface area contributed by atoms with E-state index in [1.165, 1.54) is 0 Å². The Hall–Kier alpha value is -0.790. The molecule has 3 N–H and O–H groups in total. The predicted octanol–water partition coefficient (Wildman–Crippen LogP) is 1.67. The molecule has 0 radical (unpaired) electrons. The summed E-state index contributed by atoms with van der Waals surface area (Å²) in [7, 11) is 0.